The average molecular weight is 193 g/mol. The molecule has 14 heavy (non-hydrogen) atoms. The Kier molecular flexibility index (Phi) is 2.53. The molecule has 2 bridgehead atoms. The van der Waals surface area contributed by atoms with Crippen LogP contribution in [0.25, 0.3) is 0 Å². The van der Waals surface area contributed by atoms with Gasteiger partial charge in [-0.15, -0.1) is 0 Å². The zero-order valence-corrected chi connectivity index (χ0v) is 8.87. The smallest absolute Gasteiger partial charge is 0.0862 e. The van der Waals surface area contributed by atoms with Crippen LogP contribution in [0, 0.1) is 28.6 Å². The van der Waals surface area contributed by atoms with Crippen molar-refractivity contribution in [3.05, 3.63) is 0 Å². The van der Waals surface area contributed by atoms with Crippen LogP contribution in [0.5, 0.6) is 0 Å². The molecule has 0 heterocycles. The van der Waals surface area contributed by atoms with Crippen molar-refractivity contribution in [2.75, 3.05) is 0 Å². The lowest BCUT2D eigenvalue weighted by Crippen LogP contribution is -2.38. The molecule has 0 radical (unpaired) electrons. The second-order valence-electron chi connectivity index (χ2n) is 5.04. The molecule has 0 spiro atoms. The molecule has 2 aliphatic carbocycles. The Hall–Kier alpha value is -0.550. The summed E-state index contributed by atoms with van der Waals surface area (Å²) in [4.78, 5) is 0. The molecule has 4 atom stereocenters. The monoisotopic (exact) mass is 193 g/mol. The predicted molar refractivity (Wildman–Crippen MR) is 54.4 cm³/mol. The van der Waals surface area contributed by atoms with Crippen LogP contribution in [0.15, 0.2) is 0 Å². The summed E-state index contributed by atoms with van der Waals surface area (Å²) in [5.74, 6) is 1.21. The third kappa shape index (κ3) is 1.26. The zero-order chi connectivity index (χ0) is 10.2. The second-order valence-corrected chi connectivity index (χ2v) is 5.04. The fourth-order valence-electron chi connectivity index (χ4n) is 3.52. The maximum absolute atomic E-state index is 10.1. The third-order valence-electron chi connectivity index (χ3n) is 4.26. The van der Waals surface area contributed by atoms with Gasteiger partial charge in [-0.1, -0.05) is 19.8 Å². The van der Waals surface area contributed by atoms with Gasteiger partial charge in [-0.25, -0.2) is 0 Å². The van der Waals surface area contributed by atoms with Gasteiger partial charge in [0.1, 0.15) is 0 Å². The van der Waals surface area contributed by atoms with E-state index >= 15 is 0 Å². The molecule has 2 aliphatic rings. The number of hydrogen-bond donors (Lipinski definition) is 1. The minimum Gasteiger partial charge on any atom is -0.391 e. The van der Waals surface area contributed by atoms with Gasteiger partial charge in [0.15, 0.2) is 0 Å². The molecule has 2 nitrogen and oxygen atoms in total. The molecule has 2 saturated carbocycles. The Morgan fingerprint density at radius 1 is 1.57 bits per heavy atom. The first-order chi connectivity index (χ1) is 6.73. The van der Waals surface area contributed by atoms with Crippen LogP contribution in [0.1, 0.15) is 45.4 Å². The molecule has 0 aromatic heterocycles. The first kappa shape index (κ1) is 9.98. The summed E-state index contributed by atoms with van der Waals surface area (Å²) in [5.41, 5.74) is -0.376. The summed E-state index contributed by atoms with van der Waals surface area (Å²) in [5, 5.41) is 19.4. The lowest BCUT2D eigenvalue weighted by atomic mass is 9.69. The predicted octanol–water partition coefficient (Wildman–Crippen LogP) is 2.48. The summed E-state index contributed by atoms with van der Waals surface area (Å²) >= 11 is 0. The van der Waals surface area contributed by atoms with E-state index in [-0.39, 0.29) is 11.5 Å². The van der Waals surface area contributed by atoms with Crippen LogP contribution in [-0.2, 0) is 0 Å². The van der Waals surface area contributed by atoms with E-state index in [0.29, 0.717) is 5.92 Å². The molecular weight excluding hydrogens is 174 g/mol. The fraction of sp³-hybridized carbons (Fsp3) is 0.917. The van der Waals surface area contributed by atoms with Crippen LogP contribution < -0.4 is 0 Å². The van der Waals surface area contributed by atoms with Crippen LogP contribution in [-0.4, -0.2) is 11.2 Å². The van der Waals surface area contributed by atoms with Crippen LogP contribution in [0.2, 0.25) is 0 Å². The van der Waals surface area contributed by atoms with Crippen LogP contribution >= 0.6 is 0 Å². The van der Waals surface area contributed by atoms with E-state index in [1.54, 1.807) is 0 Å². The normalized spacial score (nSPS) is 42.4. The van der Waals surface area contributed by atoms with Gasteiger partial charge in [0, 0.05) is 0 Å². The first-order valence-electron chi connectivity index (χ1n) is 5.82. The van der Waals surface area contributed by atoms with Crippen molar-refractivity contribution in [3.63, 3.8) is 0 Å². The highest BCUT2D eigenvalue weighted by molar-refractivity contribution is 5.14. The molecule has 0 amide bonds. The summed E-state index contributed by atoms with van der Waals surface area (Å²) in [6.45, 7) is 2.07. The van der Waals surface area contributed by atoms with Gasteiger partial charge in [0.25, 0.3) is 0 Å². The van der Waals surface area contributed by atoms with E-state index in [2.05, 4.69) is 13.0 Å². The van der Waals surface area contributed by atoms with Gasteiger partial charge in [-0.05, 0) is 37.5 Å². The van der Waals surface area contributed by atoms with Crippen molar-refractivity contribution in [2.24, 2.45) is 17.3 Å². The van der Waals surface area contributed by atoms with Gasteiger partial charge < -0.3 is 5.11 Å². The summed E-state index contributed by atoms with van der Waals surface area (Å²) in [6, 6.07) is 2.44. The van der Waals surface area contributed by atoms with E-state index < -0.39 is 0 Å². The number of rotatable bonds is 3. The number of nitrogens with zero attached hydrogens (tertiary/aromatic N) is 1. The van der Waals surface area contributed by atoms with Gasteiger partial charge in [0.05, 0.1) is 17.6 Å². The Morgan fingerprint density at radius 2 is 2.36 bits per heavy atom. The molecule has 78 valence electrons. The Morgan fingerprint density at radius 3 is 2.79 bits per heavy atom. The lowest BCUT2D eigenvalue weighted by molar-refractivity contribution is 0.0184. The minimum atomic E-state index is -0.382. The Bertz CT molecular complexity index is 258. The van der Waals surface area contributed by atoms with Crippen molar-refractivity contribution in [3.8, 4) is 6.07 Å². The van der Waals surface area contributed by atoms with Gasteiger partial charge >= 0.3 is 0 Å². The molecule has 2 heteroatoms. The standard InChI is InChI=1S/C12H19NO/c1-2-3-11(14)12(8-13)7-9-4-5-10(12)6-9/h9-11,14H,2-7H2,1H3. The maximum Gasteiger partial charge on any atom is 0.0862 e. The molecule has 0 aromatic rings. The highest BCUT2D eigenvalue weighted by Gasteiger charge is 2.54. The highest BCUT2D eigenvalue weighted by Crippen LogP contribution is 2.57. The van der Waals surface area contributed by atoms with Crippen molar-refractivity contribution in [1.82, 2.24) is 0 Å². The minimum absolute atomic E-state index is 0.376. The molecule has 2 fully saturated rings. The zero-order valence-electron chi connectivity index (χ0n) is 8.87. The van der Waals surface area contributed by atoms with Crippen molar-refractivity contribution in [2.45, 2.75) is 51.6 Å². The van der Waals surface area contributed by atoms with Crippen LogP contribution in [0.4, 0.5) is 0 Å². The second kappa shape index (κ2) is 3.55. The molecule has 0 aliphatic heterocycles. The quantitative estimate of drug-likeness (QED) is 0.748. The maximum atomic E-state index is 10.1. The Labute approximate surface area is 85.9 Å². The first-order valence-corrected chi connectivity index (χ1v) is 5.82. The molecular formula is C12H19NO. The summed E-state index contributed by atoms with van der Waals surface area (Å²) < 4.78 is 0. The molecule has 0 aromatic carbocycles. The molecule has 0 saturated heterocycles. The van der Waals surface area contributed by atoms with Gasteiger partial charge in [-0.3, -0.25) is 0 Å². The number of aliphatic hydroxyl groups excluding tert-OH is 1. The largest absolute Gasteiger partial charge is 0.391 e. The lowest BCUT2D eigenvalue weighted by Gasteiger charge is -2.35. The van der Waals surface area contributed by atoms with Gasteiger partial charge in [-0.2, -0.15) is 5.26 Å². The number of aliphatic hydroxyl groups is 1. The summed E-state index contributed by atoms with van der Waals surface area (Å²) in [6.07, 6.45) is 5.97. The molecule has 4 unspecified atom stereocenters. The number of hydrogen-bond acceptors (Lipinski definition) is 2. The van der Waals surface area contributed by atoms with E-state index in [1.165, 1.54) is 19.3 Å². The average Bonchev–Trinajstić information content (AvgIpc) is 2.77. The highest BCUT2D eigenvalue weighted by atomic mass is 16.3. The van der Waals surface area contributed by atoms with E-state index in [9.17, 15) is 10.4 Å². The van der Waals surface area contributed by atoms with Crippen molar-refractivity contribution < 1.29 is 5.11 Å². The van der Waals surface area contributed by atoms with E-state index in [4.69, 9.17) is 0 Å². The number of fused-ring (bicyclic) bond motifs is 2. The Balaban J connectivity index is 2.15. The van der Waals surface area contributed by atoms with E-state index in [0.717, 1.165) is 25.2 Å². The molecule has 2 rings (SSSR count). The summed E-state index contributed by atoms with van der Waals surface area (Å²) in [7, 11) is 0. The third-order valence-corrected chi connectivity index (χ3v) is 4.26. The van der Waals surface area contributed by atoms with Crippen molar-refractivity contribution in [1.29, 1.82) is 5.26 Å². The fourth-order valence-corrected chi connectivity index (χ4v) is 3.52. The van der Waals surface area contributed by atoms with E-state index in [1.807, 2.05) is 0 Å². The van der Waals surface area contributed by atoms with Crippen molar-refractivity contribution >= 4 is 0 Å². The van der Waals surface area contributed by atoms with Crippen LogP contribution in [0.3, 0.4) is 0 Å². The SMILES string of the molecule is CCCC(O)C1(C#N)CC2CCC1C2. The topological polar surface area (TPSA) is 44.0 Å². The number of nitriles is 1. The molecule has 1 N–H and O–H groups in total. The van der Waals surface area contributed by atoms with Gasteiger partial charge in [0.2, 0.25) is 0 Å².